The molecule has 1 aliphatic heterocycles. The normalized spacial score (nSPS) is 17.0. The molecule has 0 aromatic heterocycles. The van der Waals surface area contributed by atoms with Gasteiger partial charge in [-0.1, -0.05) is 0 Å². The average Bonchev–Trinajstić information content (AvgIpc) is 3.26. The monoisotopic (exact) mass is 405 g/mol. The van der Waals surface area contributed by atoms with Crippen molar-refractivity contribution in [1.29, 1.82) is 0 Å². The second kappa shape index (κ2) is 7.09. The van der Waals surface area contributed by atoms with E-state index in [4.69, 9.17) is 9.47 Å². The zero-order valence-corrected chi connectivity index (χ0v) is 15.9. The minimum absolute atomic E-state index is 0.00774. The Kier molecular flexibility index (Phi) is 4.74. The van der Waals surface area contributed by atoms with Crippen LogP contribution in [0.1, 0.15) is 32.1 Å². The van der Waals surface area contributed by atoms with Crippen molar-refractivity contribution in [2.75, 3.05) is 11.1 Å². The predicted molar refractivity (Wildman–Crippen MR) is 101 cm³/mol. The molecule has 0 bridgehead atoms. The Labute approximate surface area is 162 Å². The molecule has 148 valence electrons. The first-order chi connectivity index (χ1) is 13.4. The van der Waals surface area contributed by atoms with Gasteiger partial charge in [-0.25, -0.2) is 12.8 Å². The molecular formula is C20H20FNO5S. The van der Waals surface area contributed by atoms with Gasteiger partial charge in [0.25, 0.3) is 5.79 Å². The van der Waals surface area contributed by atoms with E-state index >= 15 is 0 Å². The fourth-order valence-electron chi connectivity index (χ4n) is 3.50. The molecule has 8 heteroatoms. The largest absolute Gasteiger partial charge is 0.448 e. The van der Waals surface area contributed by atoms with Crippen LogP contribution in [0.25, 0.3) is 0 Å². The first kappa shape index (κ1) is 18.7. The number of anilines is 1. The number of sulfone groups is 1. The summed E-state index contributed by atoms with van der Waals surface area (Å²) in [4.78, 5) is 12.2. The third-order valence-corrected chi connectivity index (χ3v) is 6.69. The van der Waals surface area contributed by atoms with E-state index in [1.165, 1.54) is 12.1 Å². The van der Waals surface area contributed by atoms with E-state index in [0.717, 1.165) is 37.8 Å². The molecule has 4 rings (SSSR count). The van der Waals surface area contributed by atoms with Gasteiger partial charge in [-0.2, -0.15) is 0 Å². The lowest BCUT2D eigenvalue weighted by molar-refractivity contribution is -0.115. The quantitative estimate of drug-likeness (QED) is 0.768. The smallest absolute Gasteiger partial charge is 0.251 e. The second-order valence-electron chi connectivity index (χ2n) is 7.05. The minimum atomic E-state index is -3.66. The molecule has 1 fully saturated rings. The molecule has 1 aliphatic carbocycles. The summed E-state index contributed by atoms with van der Waals surface area (Å²) in [6.45, 7) is 0. The van der Waals surface area contributed by atoms with Crippen molar-refractivity contribution in [2.24, 2.45) is 0 Å². The van der Waals surface area contributed by atoms with E-state index in [9.17, 15) is 17.6 Å². The maximum Gasteiger partial charge on any atom is 0.251 e. The molecule has 0 unspecified atom stereocenters. The van der Waals surface area contributed by atoms with Crippen LogP contribution in [0.3, 0.4) is 0 Å². The standard InChI is InChI=1S/C20H20FNO5S/c21-14-3-6-16(7-4-14)28(24,25)12-9-19(23)22-15-5-8-17-18(13-15)27-20(26-17)10-1-2-11-20/h3-8,13H,1-2,9-12H2,(H,22,23). The first-order valence-corrected chi connectivity index (χ1v) is 10.8. The number of halogens is 1. The van der Waals surface area contributed by atoms with Gasteiger partial charge >= 0.3 is 0 Å². The van der Waals surface area contributed by atoms with Gasteiger partial charge in [-0.3, -0.25) is 4.79 Å². The summed E-state index contributed by atoms with van der Waals surface area (Å²) in [7, 11) is -3.66. The molecule has 0 saturated heterocycles. The molecule has 2 aliphatic rings. The SMILES string of the molecule is O=C(CCS(=O)(=O)c1ccc(F)cc1)Nc1ccc2c(c1)OC1(CCCC1)O2. The van der Waals surface area contributed by atoms with Gasteiger partial charge in [0.2, 0.25) is 5.91 Å². The zero-order chi connectivity index (χ0) is 19.8. The molecule has 1 spiro atoms. The zero-order valence-electron chi connectivity index (χ0n) is 15.1. The highest BCUT2D eigenvalue weighted by atomic mass is 32.2. The van der Waals surface area contributed by atoms with Crippen molar-refractivity contribution in [3.63, 3.8) is 0 Å². The Morgan fingerprint density at radius 1 is 1.04 bits per heavy atom. The Bertz CT molecular complexity index is 998. The maximum absolute atomic E-state index is 12.9. The highest BCUT2D eigenvalue weighted by Crippen LogP contribution is 2.47. The summed E-state index contributed by atoms with van der Waals surface area (Å²) in [6.07, 6.45) is 3.58. The lowest BCUT2D eigenvalue weighted by atomic mass is 10.2. The molecule has 0 radical (unpaired) electrons. The van der Waals surface area contributed by atoms with Crippen LogP contribution in [0.2, 0.25) is 0 Å². The fourth-order valence-corrected chi connectivity index (χ4v) is 4.74. The summed E-state index contributed by atoms with van der Waals surface area (Å²) in [5, 5.41) is 2.68. The number of amides is 1. The molecule has 2 aromatic carbocycles. The van der Waals surface area contributed by atoms with Crippen LogP contribution in [0, 0.1) is 5.82 Å². The predicted octanol–water partition coefficient (Wildman–Crippen LogP) is 3.67. The average molecular weight is 405 g/mol. The number of carbonyl (C=O) groups is 1. The van der Waals surface area contributed by atoms with Crippen LogP contribution in [0.5, 0.6) is 11.5 Å². The Morgan fingerprint density at radius 3 is 2.43 bits per heavy atom. The van der Waals surface area contributed by atoms with Crippen LogP contribution in [-0.4, -0.2) is 25.9 Å². The van der Waals surface area contributed by atoms with Crippen LogP contribution in [-0.2, 0) is 14.6 Å². The number of benzene rings is 2. The molecular weight excluding hydrogens is 385 g/mol. The van der Waals surface area contributed by atoms with Crippen molar-refractivity contribution in [3.8, 4) is 11.5 Å². The van der Waals surface area contributed by atoms with E-state index in [-0.39, 0.29) is 17.1 Å². The van der Waals surface area contributed by atoms with E-state index in [0.29, 0.717) is 17.2 Å². The molecule has 2 aromatic rings. The van der Waals surface area contributed by atoms with Gasteiger partial charge in [-0.05, 0) is 49.2 Å². The number of fused-ring (bicyclic) bond motifs is 1. The van der Waals surface area contributed by atoms with Gasteiger partial charge in [0.15, 0.2) is 21.3 Å². The van der Waals surface area contributed by atoms with E-state index in [1.54, 1.807) is 18.2 Å². The Morgan fingerprint density at radius 2 is 1.71 bits per heavy atom. The summed E-state index contributed by atoms with van der Waals surface area (Å²) < 4.78 is 49.3. The molecule has 28 heavy (non-hydrogen) atoms. The molecule has 1 saturated carbocycles. The van der Waals surface area contributed by atoms with Gasteiger partial charge in [0.1, 0.15) is 5.82 Å². The maximum atomic E-state index is 12.9. The molecule has 1 amide bonds. The molecule has 0 atom stereocenters. The fraction of sp³-hybridized carbons (Fsp3) is 0.350. The van der Waals surface area contributed by atoms with Crippen LogP contribution >= 0.6 is 0 Å². The summed E-state index contributed by atoms with van der Waals surface area (Å²) >= 11 is 0. The van der Waals surface area contributed by atoms with Gasteiger partial charge in [-0.15, -0.1) is 0 Å². The first-order valence-electron chi connectivity index (χ1n) is 9.16. The number of ether oxygens (including phenoxy) is 2. The van der Waals surface area contributed by atoms with Gasteiger partial charge < -0.3 is 14.8 Å². The van der Waals surface area contributed by atoms with Crippen LogP contribution < -0.4 is 14.8 Å². The van der Waals surface area contributed by atoms with Crippen molar-refractivity contribution >= 4 is 21.4 Å². The van der Waals surface area contributed by atoms with Crippen molar-refractivity contribution < 1.29 is 27.1 Å². The summed E-state index contributed by atoms with van der Waals surface area (Å²) in [5.41, 5.74) is 0.515. The number of hydrogen-bond donors (Lipinski definition) is 1. The topological polar surface area (TPSA) is 81.7 Å². The third kappa shape index (κ3) is 3.82. The Hall–Kier alpha value is -2.61. The number of rotatable bonds is 5. The van der Waals surface area contributed by atoms with Crippen LogP contribution in [0.15, 0.2) is 47.4 Å². The highest BCUT2D eigenvalue weighted by molar-refractivity contribution is 7.91. The van der Waals surface area contributed by atoms with Crippen molar-refractivity contribution in [2.45, 2.75) is 42.8 Å². The molecule has 6 nitrogen and oxygen atoms in total. The summed E-state index contributed by atoms with van der Waals surface area (Å²) in [6, 6.07) is 9.68. The number of carbonyl (C=O) groups excluding carboxylic acids is 1. The number of nitrogens with one attached hydrogen (secondary N) is 1. The van der Waals surface area contributed by atoms with Crippen molar-refractivity contribution in [1.82, 2.24) is 0 Å². The van der Waals surface area contributed by atoms with Crippen LogP contribution in [0.4, 0.5) is 10.1 Å². The lowest BCUT2D eigenvalue weighted by Gasteiger charge is -2.21. The van der Waals surface area contributed by atoms with Crippen molar-refractivity contribution in [3.05, 3.63) is 48.3 Å². The number of hydrogen-bond acceptors (Lipinski definition) is 5. The van der Waals surface area contributed by atoms with E-state index in [2.05, 4.69) is 5.32 Å². The van der Waals surface area contributed by atoms with E-state index < -0.39 is 27.3 Å². The minimum Gasteiger partial charge on any atom is -0.448 e. The Balaban J connectivity index is 1.36. The molecule has 1 N–H and O–H groups in total. The van der Waals surface area contributed by atoms with E-state index in [1.807, 2.05) is 0 Å². The lowest BCUT2D eigenvalue weighted by Crippen LogP contribution is -2.34. The molecule has 1 heterocycles. The summed E-state index contributed by atoms with van der Waals surface area (Å²) in [5.74, 6) is -0.650. The third-order valence-electron chi connectivity index (χ3n) is 4.96. The van der Waals surface area contributed by atoms with Gasteiger partial charge in [0, 0.05) is 31.0 Å². The van der Waals surface area contributed by atoms with Gasteiger partial charge in [0.05, 0.1) is 10.6 Å². The highest BCUT2D eigenvalue weighted by Gasteiger charge is 2.44. The second-order valence-corrected chi connectivity index (χ2v) is 9.16.